The molecule has 2 aromatic rings. The highest BCUT2D eigenvalue weighted by Gasteiger charge is 2.38. The predicted molar refractivity (Wildman–Crippen MR) is 317 cm³/mol. The van der Waals surface area contributed by atoms with E-state index in [-0.39, 0.29) is 56.3 Å². The van der Waals surface area contributed by atoms with Crippen LogP contribution in [0.5, 0.6) is 11.5 Å². The summed E-state index contributed by atoms with van der Waals surface area (Å²) in [6.07, 6.45) is 25.3. The summed E-state index contributed by atoms with van der Waals surface area (Å²) >= 11 is 0. The number of aliphatic hydroxyl groups is 1. The third-order valence-electron chi connectivity index (χ3n) is 13.8. The lowest BCUT2D eigenvalue weighted by atomic mass is 10.0. The Morgan fingerprint density at radius 2 is 0.988 bits per heavy atom. The Balaban J connectivity index is 2.40. The molecular formula is C61H105N3O14P2. The topological polar surface area (TPSA) is 245 Å². The third-order valence-corrected chi connectivity index (χ3v) is 15.7. The van der Waals surface area contributed by atoms with Crippen molar-refractivity contribution < 1.29 is 66.0 Å². The molecule has 2 aromatic carbocycles. The van der Waals surface area contributed by atoms with Gasteiger partial charge >= 0.3 is 21.6 Å². The van der Waals surface area contributed by atoms with Gasteiger partial charge in [0.05, 0.1) is 31.6 Å². The molecule has 0 radical (unpaired) electrons. The summed E-state index contributed by atoms with van der Waals surface area (Å²) in [5, 5.41) is 19.8. The van der Waals surface area contributed by atoms with Gasteiger partial charge in [0.15, 0.2) is 5.78 Å². The largest absolute Gasteiger partial charge is 0.589 e. The first-order valence-corrected chi connectivity index (χ1v) is 33.8. The second-order valence-corrected chi connectivity index (χ2v) is 24.1. The van der Waals surface area contributed by atoms with Gasteiger partial charge in [-0.05, 0) is 69.3 Å². The van der Waals surface area contributed by atoms with E-state index in [4.69, 9.17) is 28.1 Å². The summed E-state index contributed by atoms with van der Waals surface area (Å²) in [5.74, 6) is -1.84. The summed E-state index contributed by atoms with van der Waals surface area (Å²) in [6.45, 7) is 7.22. The van der Waals surface area contributed by atoms with Crippen LogP contribution in [0.1, 0.15) is 245 Å². The van der Waals surface area contributed by atoms with Crippen molar-refractivity contribution in [3.05, 3.63) is 60.7 Å². The molecule has 2 rings (SSSR count). The Kier molecular flexibility index (Phi) is 42.4. The highest BCUT2D eigenvalue weighted by Crippen LogP contribution is 2.51. The molecule has 19 heteroatoms. The third kappa shape index (κ3) is 40.5. The minimum atomic E-state index is -4.74. The Hall–Kier alpha value is -3.66. The van der Waals surface area contributed by atoms with Crippen molar-refractivity contribution in [3.63, 3.8) is 0 Å². The van der Waals surface area contributed by atoms with Crippen LogP contribution in [0, 0.1) is 0 Å². The maximum Gasteiger partial charge on any atom is 0.589 e. The number of carbonyl (C=O) groups excluding carboxylic acids is 4. The van der Waals surface area contributed by atoms with Crippen LogP contribution in [0.2, 0.25) is 0 Å². The minimum Gasteiger partial charge on any atom is -0.462 e. The van der Waals surface area contributed by atoms with Gasteiger partial charge in [0, 0.05) is 25.8 Å². The average molecular weight is 1170 g/mol. The minimum absolute atomic E-state index is 0.0532. The number of aliphatic hydroxyl groups excluding tert-OH is 1. The first-order valence-electron chi connectivity index (χ1n) is 30.8. The van der Waals surface area contributed by atoms with Crippen molar-refractivity contribution in [1.82, 2.24) is 16.0 Å². The number of hydrogen-bond donors (Lipinski definition) is 6. The second kappa shape index (κ2) is 46.8. The maximum atomic E-state index is 14.9. The number of unbranched alkanes of at least 4 members (excludes halogenated alkanes) is 25. The number of rotatable bonds is 54. The molecule has 0 aliphatic heterocycles. The van der Waals surface area contributed by atoms with Gasteiger partial charge in [0.25, 0.3) is 0 Å². The van der Waals surface area contributed by atoms with Crippen LogP contribution < -0.4 is 25.0 Å². The number of ketones is 1. The Labute approximate surface area is 481 Å². The van der Waals surface area contributed by atoms with Gasteiger partial charge in [-0.3, -0.25) is 23.7 Å². The molecule has 0 bridgehead atoms. The van der Waals surface area contributed by atoms with Crippen LogP contribution in [-0.4, -0.2) is 82.6 Å². The van der Waals surface area contributed by atoms with E-state index in [1.54, 1.807) is 60.7 Å². The molecule has 2 amide bonds. The van der Waals surface area contributed by atoms with E-state index in [1.165, 1.54) is 83.5 Å². The zero-order valence-corrected chi connectivity index (χ0v) is 51.0. The maximum absolute atomic E-state index is 14.9. The first kappa shape index (κ1) is 72.4. The molecule has 6 N–H and O–H groups in total. The molecule has 4 atom stereocenters. The number of Topliss-reactive ketones (excluding diaryl/α,β-unsaturated/α-hetero) is 1. The fraction of sp³-hybridized carbons (Fsp3) is 0.738. The zero-order chi connectivity index (χ0) is 58.4. The fourth-order valence-corrected chi connectivity index (χ4v) is 11.0. The standard InChI is InChI=1S/C61H105N3O14P2/c1-4-7-10-13-16-18-20-23-30-43-55(75-61(69)45-36-24-21-19-17-14-11-8-5-2)49-59(68)63-56(57(66)44-35-25-27-38-47-74-79(70,71)72)50-60(64-58(67)48-52(65)51-62-46-37-26-22-15-12-9-6-3)78-80(73,76-53-39-31-28-32-40-53)77-54-41-33-29-34-42-54/h28-29,31-34,39-42,52,55-56,60,62,65H,4-27,30,35-38,43-51H2,1-3H3,(H,63,68)(H,64,67)(H2,70,71,72)/t52-,55-,56?,60?/m1/s1. The Morgan fingerprint density at radius 3 is 1.50 bits per heavy atom. The van der Waals surface area contributed by atoms with Gasteiger partial charge in [0.1, 0.15) is 23.8 Å². The molecule has 0 heterocycles. The van der Waals surface area contributed by atoms with Crippen molar-refractivity contribution in [2.75, 3.05) is 19.7 Å². The summed E-state index contributed by atoms with van der Waals surface area (Å²) in [4.78, 5) is 74.1. The van der Waals surface area contributed by atoms with Crippen LogP contribution in [0.3, 0.4) is 0 Å². The van der Waals surface area contributed by atoms with Crippen LogP contribution in [-0.2, 0) is 42.1 Å². The molecular weight excluding hydrogens is 1060 g/mol. The van der Waals surface area contributed by atoms with Crippen molar-refractivity contribution in [2.45, 2.75) is 270 Å². The molecule has 0 aromatic heterocycles. The first-order chi connectivity index (χ1) is 38.6. The molecule has 0 fully saturated rings. The number of amides is 2. The lowest BCUT2D eigenvalue weighted by Gasteiger charge is -2.28. The number of para-hydroxylation sites is 2. The van der Waals surface area contributed by atoms with Crippen molar-refractivity contribution >= 4 is 39.2 Å². The lowest BCUT2D eigenvalue weighted by Crippen LogP contribution is -2.48. The molecule has 17 nitrogen and oxygen atoms in total. The molecule has 0 spiro atoms. The number of phosphoric acid groups is 2. The van der Waals surface area contributed by atoms with Gasteiger partial charge in [0.2, 0.25) is 11.8 Å². The SMILES string of the molecule is CCCCCCCCCCCC(=O)O[C@H](CCCCCCCCCCC)CC(=O)NC(CC(NC(=O)C[C@@H](O)CNCCCCCCCCC)OP(=O)(Oc1ccccc1)Oc1ccccc1)C(=O)CCCCCCOP(=O)(O)O. The average Bonchev–Trinajstić information content (AvgIpc) is 3.41. The number of ether oxygens (including phenoxy) is 1. The number of carbonyl (C=O) groups is 4. The Morgan fingerprint density at radius 1 is 0.537 bits per heavy atom. The highest BCUT2D eigenvalue weighted by atomic mass is 31.2. The van der Waals surface area contributed by atoms with Gasteiger partial charge in [-0.1, -0.05) is 211 Å². The number of phosphoric ester groups is 2. The molecule has 458 valence electrons. The number of nitrogens with one attached hydrogen (secondary N) is 3. The lowest BCUT2D eigenvalue weighted by molar-refractivity contribution is -0.151. The quantitative estimate of drug-likeness (QED) is 0.0156. The number of esters is 1. The predicted octanol–water partition coefficient (Wildman–Crippen LogP) is 14.5. The highest BCUT2D eigenvalue weighted by molar-refractivity contribution is 7.49. The van der Waals surface area contributed by atoms with Crippen LogP contribution >= 0.6 is 15.6 Å². The van der Waals surface area contributed by atoms with Gasteiger partial charge in [-0.25, -0.2) is 13.7 Å². The zero-order valence-electron chi connectivity index (χ0n) is 49.2. The molecule has 0 aliphatic carbocycles. The molecule has 80 heavy (non-hydrogen) atoms. The molecule has 0 saturated carbocycles. The number of benzene rings is 2. The second-order valence-electron chi connectivity index (χ2n) is 21.4. The number of hydrogen-bond acceptors (Lipinski definition) is 13. The van der Waals surface area contributed by atoms with Crippen LogP contribution in [0.25, 0.3) is 0 Å². The summed E-state index contributed by atoms with van der Waals surface area (Å²) in [7, 11) is -9.38. The molecule has 2 unspecified atom stereocenters. The van der Waals surface area contributed by atoms with E-state index >= 15 is 0 Å². The normalized spacial score (nSPS) is 13.3. The van der Waals surface area contributed by atoms with Crippen molar-refractivity contribution in [3.8, 4) is 11.5 Å². The van der Waals surface area contributed by atoms with E-state index in [2.05, 4.69) is 41.2 Å². The van der Waals surface area contributed by atoms with E-state index in [9.17, 15) is 33.4 Å². The van der Waals surface area contributed by atoms with Gasteiger partial charge in [-0.15, -0.1) is 0 Å². The van der Waals surface area contributed by atoms with E-state index in [0.29, 0.717) is 45.1 Å². The smallest absolute Gasteiger partial charge is 0.462 e. The van der Waals surface area contributed by atoms with Gasteiger partial charge < -0.3 is 44.6 Å². The summed E-state index contributed by atoms with van der Waals surface area (Å²) in [6, 6.07) is 15.0. The van der Waals surface area contributed by atoms with Crippen LogP contribution in [0.15, 0.2) is 60.7 Å². The Bertz CT molecular complexity index is 1930. The van der Waals surface area contributed by atoms with E-state index < -0.39 is 64.1 Å². The molecule has 0 aliphatic rings. The summed E-state index contributed by atoms with van der Waals surface area (Å²) in [5.41, 5.74) is 0. The van der Waals surface area contributed by atoms with Crippen LogP contribution in [0.4, 0.5) is 0 Å². The van der Waals surface area contributed by atoms with Gasteiger partial charge in [-0.2, -0.15) is 0 Å². The van der Waals surface area contributed by atoms with Crippen molar-refractivity contribution in [2.24, 2.45) is 0 Å². The van der Waals surface area contributed by atoms with E-state index in [0.717, 1.165) is 70.6 Å². The van der Waals surface area contributed by atoms with Crippen molar-refractivity contribution in [1.29, 1.82) is 0 Å². The summed E-state index contributed by atoms with van der Waals surface area (Å²) < 4.78 is 54.7. The molecule has 0 saturated heterocycles. The van der Waals surface area contributed by atoms with E-state index in [1.807, 2.05) is 0 Å². The monoisotopic (exact) mass is 1170 g/mol. The fourth-order valence-electron chi connectivity index (χ4n) is 9.33.